The lowest BCUT2D eigenvalue weighted by Crippen LogP contribution is -2.15. The van der Waals surface area contributed by atoms with Gasteiger partial charge in [-0.15, -0.1) is 0 Å². The van der Waals surface area contributed by atoms with Crippen molar-refractivity contribution in [2.75, 3.05) is 6.61 Å². The normalized spacial score (nSPS) is 11.3. The maximum Gasteiger partial charge on any atom is 0.193 e. The third-order valence-corrected chi connectivity index (χ3v) is 3.16. The molecule has 2 rings (SSSR count). The van der Waals surface area contributed by atoms with E-state index in [2.05, 4.69) is 4.98 Å². The Hall–Kier alpha value is -1.84. The highest BCUT2D eigenvalue weighted by molar-refractivity contribution is 5.81. The Morgan fingerprint density at radius 2 is 2.05 bits per heavy atom. The van der Waals surface area contributed by atoms with Crippen molar-refractivity contribution in [2.24, 2.45) is 0 Å². The van der Waals surface area contributed by atoms with Crippen LogP contribution < -0.4 is 10.2 Å². The maximum absolute atomic E-state index is 13.8. The molecule has 0 fully saturated rings. The predicted octanol–water partition coefficient (Wildman–Crippen LogP) is 3.50. The van der Waals surface area contributed by atoms with Gasteiger partial charge in [0.2, 0.25) is 0 Å². The van der Waals surface area contributed by atoms with Crippen molar-refractivity contribution in [1.29, 1.82) is 0 Å². The van der Waals surface area contributed by atoms with Crippen LogP contribution in [0.3, 0.4) is 0 Å². The van der Waals surface area contributed by atoms with E-state index < -0.39 is 5.82 Å². The van der Waals surface area contributed by atoms with E-state index in [1.54, 1.807) is 6.92 Å². The largest absolute Gasteiger partial charge is 0.491 e. The number of halogens is 1. The van der Waals surface area contributed by atoms with Gasteiger partial charge in [-0.05, 0) is 25.8 Å². The van der Waals surface area contributed by atoms with E-state index >= 15 is 0 Å². The zero-order valence-electron chi connectivity index (χ0n) is 11.6. The van der Waals surface area contributed by atoms with Crippen molar-refractivity contribution < 1.29 is 9.13 Å². The average molecular weight is 263 g/mol. The van der Waals surface area contributed by atoms with Gasteiger partial charge in [0.25, 0.3) is 0 Å². The Morgan fingerprint density at radius 1 is 1.37 bits per heavy atom. The molecule has 0 aliphatic rings. The number of rotatable bonds is 3. The number of nitrogens with one attached hydrogen (secondary N) is 1. The van der Waals surface area contributed by atoms with Crippen LogP contribution >= 0.6 is 0 Å². The van der Waals surface area contributed by atoms with E-state index in [0.717, 1.165) is 11.3 Å². The highest BCUT2D eigenvalue weighted by Gasteiger charge is 2.15. The van der Waals surface area contributed by atoms with Crippen LogP contribution in [0, 0.1) is 12.7 Å². The first kappa shape index (κ1) is 13.6. The van der Waals surface area contributed by atoms with Crippen LogP contribution in [0.25, 0.3) is 10.9 Å². The van der Waals surface area contributed by atoms with E-state index in [4.69, 9.17) is 4.74 Å². The lowest BCUT2D eigenvalue weighted by molar-refractivity contribution is 0.322. The highest BCUT2D eigenvalue weighted by atomic mass is 19.1. The van der Waals surface area contributed by atoms with Gasteiger partial charge in [0, 0.05) is 22.7 Å². The lowest BCUT2D eigenvalue weighted by atomic mass is 9.99. The molecule has 3 nitrogen and oxygen atoms in total. The van der Waals surface area contributed by atoms with Crippen molar-refractivity contribution >= 4 is 10.9 Å². The molecule has 0 spiro atoms. The molecule has 1 aromatic carbocycles. The fraction of sp³-hybridized carbons (Fsp3) is 0.400. The quantitative estimate of drug-likeness (QED) is 0.921. The average Bonchev–Trinajstić information content (AvgIpc) is 2.31. The fourth-order valence-corrected chi connectivity index (χ4v) is 2.39. The number of benzene rings is 1. The lowest BCUT2D eigenvalue weighted by Gasteiger charge is -2.12. The summed E-state index contributed by atoms with van der Waals surface area (Å²) in [7, 11) is 0. The van der Waals surface area contributed by atoms with Gasteiger partial charge in [-0.25, -0.2) is 4.39 Å². The number of pyridine rings is 1. The summed E-state index contributed by atoms with van der Waals surface area (Å²) in [6, 6.07) is 2.80. The summed E-state index contributed by atoms with van der Waals surface area (Å²) in [6.45, 7) is 7.92. The smallest absolute Gasteiger partial charge is 0.193 e. The number of aryl methyl sites for hydroxylation is 1. The molecule has 0 aliphatic heterocycles. The Morgan fingerprint density at radius 3 is 2.63 bits per heavy atom. The summed E-state index contributed by atoms with van der Waals surface area (Å²) in [5, 5.41) is 0.471. The van der Waals surface area contributed by atoms with E-state index in [1.807, 2.05) is 20.8 Å². The van der Waals surface area contributed by atoms with E-state index in [0.29, 0.717) is 17.5 Å². The van der Waals surface area contributed by atoms with Crippen LogP contribution in [0.2, 0.25) is 0 Å². The van der Waals surface area contributed by atoms with Gasteiger partial charge >= 0.3 is 0 Å². The number of hydrogen-bond acceptors (Lipinski definition) is 2. The molecule has 0 atom stereocenters. The van der Waals surface area contributed by atoms with Crippen LogP contribution in [-0.2, 0) is 0 Å². The van der Waals surface area contributed by atoms with Gasteiger partial charge < -0.3 is 9.72 Å². The number of H-pyrrole nitrogens is 1. The van der Waals surface area contributed by atoms with Gasteiger partial charge in [0.1, 0.15) is 0 Å². The molecule has 0 amide bonds. The molecule has 102 valence electrons. The summed E-state index contributed by atoms with van der Waals surface area (Å²) in [5.74, 6) is -0.213. The molecule has 0 saturated heterocycles. The highest BCUT2D eigenvalue weighted by Crippen LogP contribution is 2.24. The summed E-state index contributed by atoms with van der Waals surface area (Å²) >= 11 is 0. The van der Waals surface area contributed by atoms with Crippen LogP contribution in [0.5, 0.6) is 5.75 Å². The van der Waals surface area contributed by atoms with Crippen molar-refractivity contribution in [2.45, 2.75) is 33.6 Å². The van der Waals surface area contributed by atoms with Crippen molar-refractivity contribution in [3.05, 3.63) is 39.4 Å². The van der Waals surface area contributed by atoms with Gasteiger partial charge in [-0.3, -0.25) is 4.79 Å². The number of aromatic amines is 1. The molecular weight excluding hydrogens is 245 g/mol. The Balaban J connectivity index is 2.80. The molecule has 0 aliphatic carbocycles. The topological polar surface area (TPSA) is 42.1 Å². The zero-order valence-corrected chi connectivity index (χ0v) is 11.6. The minimum Gasteiger partial charge on any atom is -0.491 e. The molecule has 1 N–H and O–H groups in total. The summed E-state index contributed by atoms with van der Waals surface area (Å²) < 4.78 is 19.0. The summed E-state index contributed by atoms with van der Waals surface area (Å²) in [4.78, 5) is 15.6. The molecule has 0 unspecified atom stereocenters. The predicted molar refractivity (Wildman–Crippen MR) is 74.5 cm³/mol. The van der Waals surface area contributed by atoms with Crippen LogP contribution in [-0.4, -0.2) is 11.6 Å². The number of ether oxygens (including phenoxy) is 1. The zero-order chi connectivity index (χ0) is 14.2. The van der Waals surface area contributed by atoms with Crippen LogP contribution in [0.15, 0.2) is 16.9 Å². The minimum atomic E-state index is -0.457. The first-order valence-electron chi connectivity index (χ1n) is 6.44. The van der Waals surface area contributed by atoms with E-state index in [-0.39, 0.29) is 17.1 Å². The Kier molecular flexibility index (Phi) is 3.60. The molecular formula is C15H18FNO2. The number of fused-ring (bicyclic) bond motifs is 1. The van der Waals surface area contributed by atoms with Gasteiger partial charge in [-0.1, -0.05) is 13.8 Å². The van der Waals surface area contributed by atoms with E-state index in [1.165, 1.54) is 12.1 Å². The standard InChI is InChI=1S/C15H18FNO2/c1-5-19-13-6-10-12(7-11(13)16)17-9(4)14(8(2)3)15(10)18/h6-8H,5H2,1-4H3,(H,17,18). The first-order valence-corrected chi connectivity index (χ1v) is 6.44. The van der Waals surface area contributed by atoms with Gasteiger partial charge in [0.15, 0.2) is 17.0 Å². The molecule has 0 bridgehead atoms. The van der Waals surface area contributed by atoms with Crippen molar-refractivity contribution in [3.8, 4) is 5.75 Å². The molecule has 2 aromatic rings. The Bertz CT molecular complexity index is 674. The number of aromatic nitrogens is 1. The fourth-order valence-electron chi connectivity index (χ4n) is 2.39. The van der Waals surface area contributed by atoms with Gasteiger partial charge in [0.05, 0.1) is 12.1 Å². The monoisotopic (exact) mass is 263 g/mol. The third-order valence-electron chi connectivity index (χ3n) is 3.16. The second kappa shape index (κ2) is 5.03. The second-order valence-corrected chi connectivity index (χ2v) is 4.91. The molecule has 4 heteroatoms. The molecule has 0 saturated carbocycles. The second-order valence-electron chi connectivity index (χ2n) is 4.91. The van der Waals surface area contributed by atoms with Crippen LogP contribution in [0.4, 0.5) is 4.39 Å². The third kappa shape index (κ3) is 2.35. The molecule has 0 radical (unpaired) electrons. The molecule has 19 heavy (non-hydrogen) atoms. The maximum atomic E-state index is 13.8. The summed E-state index contributed by atoms with van der Waals surface area (Å²) in [6.07, 6.45) is 0. The Labute approximate surface area is 111 Å². The molecule has 1 aromatic heterocycles. The summed E-state index contributed by atoms with van der Waals surface area (Å²) in [5.41, 5.74) is 1.98. The van der Waals surface area contributed by atoms with Gasteiger partial charge in [-0.2, -0.15) is 0 Å². The first-order chi connectivity index (χ1) is 8.95. The molecule has 1 heterocycles. The van der Waals surface area contributed by atoms with E-state index in [9.17, 15) is 9.18 Å². The van der Waals surface area contributed by atoms with Crippen molar-refractivity contribution in [3.63, 3.8) is 0 Å². The van der Waals surface area contributed by atoms with Crippen LogP contribution in [0.1, 0.15) is 37.9 Å². The minimum absolute atomic E-state index is 0.0535. The SMILES string of the molecule is CCOc1cc2c(=O)c(C(C)C)c(C)[nH]c2cc1F. The number of hydrogen-bond donors (Lipinski definition) is 1. The van der Waals surface area contributed by atoms with Crippen molar-refractivity contribution in [1.82, 2.24) is 4.98 Å².